The molecule has 24 heavy (non-hydrogen) atoms. The Morgan fingerprint density at radius 2 is 1.96 bits per heavy atom. The molecule has 2 rings (SSSR count). The van der Waals surface area contributed by atoms with Gasteiger partial charge < -0.3 is 10.6 Å². The summed E-state index contributed by atoms with van der Waals surface area (Å²) in [5.41, 5.74) is 0.823. The van der Waals surface area contributed by atoms with Gasteiger partial charge in [0.25, 0.3) is 0 Å². The summed E-state index contributed by atoms with van der Waals surface area (Å²) in [6.07, 6.45) is 0. The number of rotatable bonds is 7. The van der Waals surface area contributed by atoms with Crippen molar-refractivity contribution >= 4 is 40.0 Å². The Labute approximate surface area is 147 Å². The van der Waals surface area contributed by atoms with Crippen molar-refractivity contribution in [3.63, 3.8) is 0 Å². The zero-order chi connectivity index (χ0) is 17.5. The van der Waals surface area contributed by atoms with E-state index in [2.05, 4.69) is 20.8 Å². The summed E-state index contributed by atoms with van der Waals surface area (Å²) >= 11 is 2.47. The van der Waals surface area contributed by atoms with Crippen molar-refractivity contribution in [1.82, 2.24) is 15.5 Å². The lowest BCUT2D eigenvalue weighted by molar-refractivity contribution is -0.119. The van der Waals surface area contributed by atoms with Gasteiger partial charge >= 0.3 is 0 Å². The maximum absolute atomic E-state index is 12.8. The van der Waals surface area contributed by atoms with Gasteiger partial charge in [0.2, 0.25) is 16.9 Å². The average Bonchev–Trinajstić information content (AvgIpc) is 2.99. The molecule has 0 saturated carbocycles. The van der Waals surface area contributed by atoms with Gasteiger partial charge in [-0.1, -0.05) is 49.1 Å². The second-order valence-electron chi connectivity index (χ2n) is 5.21. The maximum atomic E-state index is 12.8. The second-order valence-corrected chi connectivity index (χ2v) is 7.41. The highest BCUT2D eigenvalue weighted by Crippen LogP contribution is 2.25. The van der Waals surface area contributed by atoms with Gasteiger partial charge in [0, 0.05) is 12.5 Å². The summed E-state index contributed by atoms with van der Waals surface area (Å²) in [6, 6.07) is 5.95. The lowest BCUT2D eigenvalue weighted by Crippen LogP contribution is -2.24. The first-order valence-electron chi connectivity index (χ1n) is 7.22. The number of benzene rings is 1. The number of carbonyl (C=O) groups excluding carboxylic acids is 2. The predicted octanol–water partition coefficient (Wildman–Crippen LogP) is 2.68. The molecule has 0 radical (unpaired) electrons. The zero-order valence-corrected chi connectivity index (χ0v) is 14.8. The van der Waals surface area contributed by atoms with Crippen LogP contribution in [0, 0.1) is 11.7 Å². The molecule has 1 aromatic carbocycles. The Hall–Kier alpha value is -2.00. The SMILES string of the molecule is CC(C)C(=O)Nc1nnc(SCC(=O)NCc2ccc(F)cc2)s1. The van der Waals surface area contributed by atoms with Gasteiger partial charge in [-0.3, -0.25) is 9.59 Å². The average molecular weight is 368 g/mol. The van der Waals surface area contributed by atoms with E-state index >= 15 is 0 Å². The van der Waals surface area contributed by atoms with Gasteiger partial charge in [-0.15, -0.1) is 10.2 Å². The van der Waals surface area contributed by atoms with Crippen LogP contribution in [0.25, 0.3) is 0 Å². The third-order valence-electron chi connectivity index (χ3n) is 2.89. The molecular formula is C15H17FN4O2S2. The van der Waals surface area contributed by atoms with Crippen LogP contribution in [0.2, 0.25) is 0 Å². The van der Waals surface area contributed by atoms with Crippen molar-refractivity contribution in [3.05, 3.63) is 35.6 Å². The molecule has 0 aliphatic heterocycles. The fourth-order valence-electron chi connectivity index (χ4n) is 1.55. The predicted molar refractivity (Wildman–Crippen MR) is 92.3 cm³/mol. The molecule has 0 aliphatic carbocycles. The van der Waals surface area contributed by atoms with Crippen LogP contribution in [0.5, 0.6) is 0 Å². The summed E-state index contributed by atoms with van der Waals surface area (Å²) in [5, 5.41) is 13.6. The maximum Gasteiger partial charge on any atom is 0.230 e. The fourth-order valence-corrected chi connectivity index (χ4v) is 3.13. The van der Waals surface area contributed by atoms with Crippen molar-refractivity contribution in [1.29, 1.82) is 0 Å². The van der Waals surface area contributed by atoms with E-state index in [9.17, 15) is 14.0 Å². The quantitative estimate of drug-likeness (QED) is 0.580. The molecule has 9 heteroatoms. The molecule has 0 spiro atoms. The van der Waals surface area contributed by atoms with Crippen LogP contribution in [0.4, 0.5) is 9.52 Å². The Morgan fingerprint density at radius 3 is 2.62 bits per heavy atom. The molecule has 0 atom stereocenters. The molecule has 0 fully saturated rings. The minimum absolute atomic E-state index is 0.125. The van der Waals surface area contributed by atoms with Crippen LogP contribution < -0.4 is 10.6 Å². The van der Waals surface area contributed by atoms with E-state index in [0.717, 1.165) is 5.56 Å². The number of amides is 2. The van der Waals surface area contributed by atoms with Crippen molar-refractivity contribution in [2.24, 2.45) is 5.92 Å². The van der Waals surface area contributed by atoms with Crippen LogP contribution in [0.1, 0.15) is 19.4 Å². The van der Waals surface area contributed by atoms with Crippen LogP contribution in [0.15, 0.2) is 28.6 Å². The molecule has 128 valence electrons. The zero-order valence-electron chi connectivity index (χ0n) is 13.2. The Balaban J connectivity index is 1.74. The normalized spacial score (nSPS) is 10.7. The van der Waals surface area contributed by atoms with E-state index in [-0.39, 0.29) is 29.3 Å². The van der Waals surface area contributed by atoms with Gasteiger partial charge in [0.1, 0.15) is 5.82 Å². The number of thioether (sulfide) groups is 1. The summed E-state index contributed by atoms with van der Waals surface area (Å²) in [4.78, 5) is 23.4. The first kappa shape index (κ1) is 18.3. The van der Waals surface area contributed by atoms with Crippen LogP contribution in [-0.4, -0.2) is 27.8 Å². The minimum Gasteiger partial charge on any atom is -0.351 e. The third kappa shape index (κ3) is 5.89. The third-order valence-corrected chi connectivity index (χ3v) is 4.86. The van der Waals surface area contributed by atoms with Gasteiger partial charge in [-0.25, -0.2) is 4.39 Å². The van der Waals surface area contributed by atoms with E-state index in [1.54, 1.807) is 26.0 Å². The number of aromatic nitrogens is 2. The first-order valence-corrected chi connectivity index (χ1v) is 9.02. The molecule has 0 aliphatic rings. The molecule has 6 nitrogen and oxygen atoms in total. The number of anilines is 1. The highest BCUT2D eigenvalue weighted by Gasteiger charge is 2.12. The van der Waals surface area contributed by atoms with Crippen molar-refractivity contribution in [2.75, 3.05) is 11.1 Å². The first-order chi connectivity index (χ1) is 11.4. The Bertz CT molecular complexity index is 704. The van der Waals surface area contributed by atoms with Gasteiger partial charge in [-0.2, -0.15) is 0 Å². The summed E-state index contributed by atoms with van der Waals surface area (Å²) < 4.78 is 13.4. The van der Waals surface area contributed by atoms with E-state index in [0.29, 0.717) is 16.0 Å². The summed E-state index contributed by atoms with van der Waals surface area (Å²) in [5.74, 6) is -0.542. The lowest BCUT2D eigenvalue weighted by Gasteiger charge is -2.04. The summed E-state index contributed by atoms with van der Waals surface area (Å²) in [6.45, 7) is 3.92. The molecule has 2 N–H and O–H groups in total. The highest BCUT2D eigenvalue weighted by atomic mass is 32.2. The fraction of sp³-hybridized carbons (Fsp3) is 0.333. The second kappa shape index (κ2) is 8.74. The largest absolute Gasteiger partial charge is 0.351 e. The molecular weight excluding hydrogens is 351 g/mol. The standard InChI is InChI=1S/C15H17FN4O2S2/c1-9(2)13(22)18-14-19-20-15(24-14)23-8-12(21)17-7-10-3-5-11(16)6-4-10/h3-6,9H,7-8H2,1-2H3,(H,17,21)(H,18,19,22). The number of nitrogens with one attached hydrogen (secondary N) is 2. The highest BCUT2D eigenvalue weighted by molar-refractivity contribution is 8.01. The molecule has 2 amide bonds. The number of hydrogen-bond donors (Lipinski definition) is 2. The van der Waals surface area contributed by atoms with Crippen LogP contribution in [0.3, 0.4) is 0 Å². The van der Waals surface area contributed by atoms with Crippen molar-refractivity contribution in [2.45, 2.75) is 24.7 Å². The molecule has 0 unspecified atom stereocenters. The van der Waals surface area contributed by atoms with Gasteiger partial charge in [0.15, 0.2) is 4.34 Å². The van der Waals surface area contributed by atoms with Crippen molar-refractivity contribution in [3.8, 4) is 0 Å². The van der Waals surface area contributed by atoms with E-state index in [1.165, 1.54) is 35.2 Å². The number of carbonyl (C=O) groups is 2. The Kier molecular flexibility index (Phi) is 6.68. The lowest BCUT2D eigenvalue weighted by atomic mass is 10.2. The number of hydrogen-bond acceptors (Lipinski definition) is 6. The number of nitrogens with zero attached hydrogens (tertiary/aromatic N) is 2. The monoisotopic (exact) mass is 368 g/mol. The van der Waals surface area contributed by atoms with E-state index in [1.807, 2.05) is 0 Å². The van der Waals surface area contributed by atoms with E-state index < -0.39 is 0 Å². The molecule has 1 aromatic heterocycles. The Morgan fingerprint density at radius 1 is 1.25 bits per heavy atom. The summed E-state index contributed by atoms with van der Waals surface area (Å²) in [7, 11) is 0. The van der Waals surface area contributed by atoms with Gasteiger partial charge in [-0.05, 0) is 17.7 Å². The number of halogens is 1. The topological polar surface area (TPSA) is 84.0 Å². The van der Waals surface area contributed by atoms with Crippen molar-refractivity contribution < 1.29 is 14.0 Å². The minimum atomic E-state index is -0.308. The van der Waals surface area contributed by atoms with Crippen LogP contribution in [-0.2, 0) is 16.1 Å². The molecule has 1 heterocycles. The molecule has 0 bridgehead atoms. The van der Waals surface area contributed by atoms with Gasteiger partial charge in [0.05, 0.1) is 5.75 Å². The smallest absolute Gasteiger partial charge is 0.230 e. The van der Waals surface area contributed by atoms with E-state index in [4.69, 9.17) is 0 Å². The molecule has 0 saturated heterocycles. The molecule has 2 aromatic rings. The van der Waals surface area contributed by atoms with Crippen LogP contribution >= 0.6 is 23.1 Å².